The van der Waals surface area contributed by atoms with E-state index < -0.39 is 0 Å². The van der Waals surface area contributed by atoms with E-state index in [0.29, 0.717) is 62.8 Å². The van der Waals surface area contributed by atoms with Gasteiger partial charge in [0, 0.05) is 62.9 Å². The van der Waals surface area contributed by atoms with E-state index in [-0.39, 0.29) is 49.7 Å². The minimum Gasteiger partial charge on any atom is -0.488 e. The van der Waals surface area contributed by atoms with Crippen LogP contribution in [0.1, 0.15) is 31.4 Å². The largest absolute Gasteiger partial charge is 0.488 e. The second-order valence-electron chi connectivity index (χ2n) is 11.8. The monoisotopic (exact) mass is 596 g/mol. The third-order valence-corrected chi connectivity index (χ3v) is 8.34. The zero-order valence-electron chi connectivity index (χ0n) is 25.4. The Kier molecular flexibility index (Phi) is 10.4. The number of aliphatic hydroxyl groups excluding tert-OH is 1. The van der Waals surface area contributed by atoms with Crippen LogP contribution in [0.4, 0.5) is 5.69 Å². The van der Waals surface area contributed by atoms with Crippen molar-refractivity contribution in [2.75, 3.05) is 71.7 Å². The standard InChI is InChI=1S/C32H44N4O7/c1-22-17-36(23(2)20-37)32(39)16-25-15-26(33-31(38)8-9-35-10-12-40-13-11-35)5-7-27(25)43-30(22)19-34(3)18-24-4-6-28-29(14-24)42-21-41-28/h4-7,14-15,22-23,30,37H,8-13,16-21H2,1-3H3,(H,33,38)/t22-,23+,30+/m0/s1. The first-order valence-corrected chi connectivity index (χ1v) is 15.2. The van der Waals surface area contributed by atoms with Gasteiger partial charge < -0.3 is 34.3 Å². The summed E-state index contributed by atoms with van der Waals surface area (Å²) >= 11 is 0. The zero-order chi connectivity index (χ0) is 30.3. The number of hydrogen-bond donors (Lipinski definition) is 2. The van der Waals surface area contributed by atoms with Crippen molar-refractivity contribution in [3.63, 3.8) is 0 Å². The highest BCUT2D eigenvalue weighted by atomic mass is 16.7. The lowest BCUT2D eigenvalue weighted by Crippen LogP contribution is -2.47. The molecule has 234 valence electrons. The number of carbonyl (C=O) groups is 2. The highest BCUT2D eigenvalue weighted by molar-refractivity contribution is 5.91. The van der Waals surface area contributed by atoms with E-state index in [4.69, 9.17) is 18.9 Å². The van der Waals surface area contributed by atoms with Crippen molar-refractivity contribution >= 4 is 17.5 Å². The number of morpholine rings is 1. The molecule has 11 nitrogen and oxygen atoms in total. The lowest BCUT2D eigenvalue weighted by Gasteiger charge is -2.34. The molecule has 2 aromatic carbocycles. The van der Waals surface area contributed by atoms with E-state index in [1.54, 1.807) is 4.90 Å². The maximum Gasteiger partial charge on any atom is 0.231 e. The molecule has 0 spiro atoms. The molecule has 0 bridgehead atoms. The summed E-state index contributed by atoms with van der Waals surface area (Å²) in [6, 6.07) is 11.2. The Labute approximate surface area is 253 Å². The first kappa shape index (κ1) is 31.1. The molecule has 1 saturated heterocycles. The van der Waals surface area contributed by atoms with Crippen LogP contribution in [0.25, 0.3) is 0 Å². The molecule has 3 heterocycles. The van der Waals surface area contributed by atoms with Crippen LogP contribution in [0.2, 0.25) is 0 Å². The van der Waals surface area contributed by atoms with Gasteiger partial charge in [0.15, 0.2) is 11.5 Å². The summed E-state index contributed by atoms with van der Waals surface area (Å²) in [5.41, 5.74) is 2.44. The normalized spacial score (nSPS) is 21.4. The Hall–Kier alpha value is -3.38. The van der Waals surface area contributed by atoms with E-state index in [1.165, 1.54) is 0 Å². The molecule has 3 aliphatic heterocycles. The van der Waals surface area contributed by atoms with Gasteiger partial charge in [-0.1, -0.05) is 13.0 Å². The van der Waals surface area contributed by atoms with Gasteiger partial charge in [0.25, 0.3) is 0 Å². The fraction of sp³-hybridized carbons (Fsp3) is 0.562. The predicted octanol–water partition coefficient (Wildman–Crippen LogP) is 2.36. The van der Waals surface area contributed by atoms with Crippen molar-refractivity contribution in [1.82, 2.24) is 14.7 Å². The number of carbonyl (C=O) groups excluding carboxylic acids is 2. The van der Waals surface area contributed by atoms with Crippen LogP contribution in [0, 0.1) is 5.92 Å². The fourth-order valence-electron chi connectivity index (χ4n) is 5.76. The van der Waals surface area contributed by atoms with Crippen LogP contribution >= 0.6 is 0 Å². The first-order chi connectivity index (χ1) is 20.8. The number of nitrogens with zero attached hydrogens (tertiary/aromatic N) is 3. The van der Waals surface area contributed by atoms with Gasteiger partial charge in [0.05, 0.1) is 32.3 Å². The molecular weight excluding hydrogens is 552 g/mol. The van der Waals surface area contributed by atoms with Gasteiger partial charge in [-0.15, -0.1) is 0 Å². The van der Waals surface area contributed by atoms with Crippen molar-refractivity contribution in [3.05, 3.63) is 47.5 Å². The van der Waals surface area contributed by atoms with Crippen LogP contribution in [-0.4, -0.2) is 110 Å². The molecule has 3 aliphatic rings. The summed E-state index contributed by atoms with van der Waals surface area (Å²) in [4.78, 5) is 32.4. The Morgan fingerprint density at radius 2 is 1.88 bits per heavy atom. The number of rotatable bonds is 10. The van der Waals surface area contributed by atoms with E-state index in [9.17, 15) is 14.7 Å². The molecule has 0 unspecified atom stereocenters. The van der Waals surface area contributed by atoms with Crippen LogP contribution in [-0.2, 0) is 27.3 Å². The predicted molar refractivity (Wildman–Crippen MR) is 161 cm³/mol. The average Bonchev–Trinajstić information content (AvgIpc) is 3.48. The number of likely N-dealkylation sites (N-methyl/N-ethyl adjacent to an activating group) is 1. The van der Waals surface area contributed by atoms with Gasteiger partial charge in [0.2, 0.25) is 18.6 Å². The van der Waals surface area contributed by atoms with Gasteiger partial charge in [0.1, 0.15) is 11.9 Å². The molecule has 0 saturated carbocycles. The van der Waals surface area contributed by atoms with Crippen molar-refractivity contribution in [3.8, 4) is 17.2 Å². The molecule has 0 aliphatic carbocycles. The number of ether oxygens (including phenoxy) is 4. The molecule has 43 heavy (non-hydrogen) atoms. The lowest BCUT2D eigenvalue weighted by molar-refractivity contribution is -0.134. The number of anilines is 1. The maximum atomic E-state index is 13.5. The molecule has 0 aromatic heterocycles. The molecule has 0 radical (unpaired) electrons. The van der Waals surface area contributed by atoms with Crippen molar-refractivity contribution < 1.29 is 33.6 Å². The molecule has 2 aromatic rings. The van der Waals surface area contributed by atoms with Crippen LogP contribution in [0.5, 0.6) is 17.2 Å². The smallest absolute Gasteiger partial charge is 0.231 e. The van der Waals surface area contributed by atoms with Crippen LogP contribution in [0.15, 0.2) is 36.4 Å². The number of fused-ring (bicyclic) bond motifs is 2. The summed E-state index contributed by atoms with van der Waals surface area (Å²) < 4.78 is 23.0. The molecule has 3 atom stereocenters. The SMILES string of the molecule is C[C@H](CO)N1C[C@H](C)[C@@H](CN(C)Cc2ccc3c(c2)OCO3)Oc2ccc(NC(=O)CCN3CCOCC3)cc2CC1=O. The third-order valence-electron chi connectivity index (χ3n) is 8.34. The van der Waals surface area contributed by atoms with Crippen LogP contribution < -0.4 is 19.5 Å². The lowest BCUT2D eigenvalue weighted by atomic mass is 10.0. The van der Waals surface area contributed by atoms with Gasteiger partial charge in [-0.3, -0.25) is 19.4 Å². The molecule has 2 amide bonds. The number of benzene rings is 2. The molecular formula is C32H44N4O7. The topological polar surface area (TPSA) is 113 Å². The number of nitrogens with one attached hydrogen (secondary N) is 1. The molecule has 11 heteroatoms. The fourth-order valence-corrected chi connectivity index (χ4v) is 5.76. The van der Waals surface area contributed by atoms with E-state index >= 15 is 0 Å². The Balaban J connectivity index is 1.30. The van der Waals surface area contributed by atoms with Crippen LogP contribution in [0.3, 0.4) is 0 Å². The highest BCUT2D eigenvalue weighted by Gasteiger charge is 2.31. The quantitative estimate of drug-likeness (QED) is 0.427. The number of hydrogen-bond acceptors (Lipinski definition) is 9. The summed E-state index contributed by atoms with van der Waals surface area (Å²) in [5, 5.41) is 12.9. The number of amides is 2. The summed E-state index contributed by atoms with van der Waals surface area (Å²) in [7, 11) is 2.04. The molecule has 1 fully saturated rings. The van der Waals surface area contributed by atoms with Gasteiger partial charge in [-0.2, -0.15) is 0 Å². The summed E-state index contributed by atoms with van der Waals surface area (Å²) in [5.74, 6) is 1.97. The minimum absolute atomic E-state index is 0.0114. The maximum absolute atomic E-state index is 13.5. The van der Waals surface area contributed by atoms with E-state index in [2.05, 4.69) is 22.0 Å². The Morgan fingerprint density at radius 1 is 1.12 bits per heavy atom. The Morgan fingerprint density at radius 3 is 2.67 bits per heavy atom. The second-order valence-corrected chi connectivity index (χ2v) is 11.8. The third kappa shape index (κ3) is 8.17. The second kappa shape index (κ2) is 14.4. The van der Waals surface area contributed by atoms with E-state index in [0.717, 1.165) is 30.2 Å². The Bertz CT molecular complexity index is 1270. The molecule has 2 N–H and O–H groups in total. The minimum atomic E-state index is -0.327. The molecule has 5 rings (SSSR count). The first-order valence-electron chi connectivity index (χ1n) is 15.2. The van der Waals surface area contributed by atoms with E-state index in [1.807, 2.05) is 50.4 Å². The summed E-state index contributed by atoms with van der Waals surface area (Å²) in [6.07, 6.45) is 0.263. The average molecular weight is 597 g/mol. The van der Waals surface area contributed by atoms with Gasteiger partial charge >= 0.3 is 0 Å². The number of aliphatic hydroxyl groups is 1. The zero-order valence-corrected chi connectivity index (χ0v) is 25.4. The van der Waals surface area contributed by atoms with Crippen molar-refractivity contribution in [2.45, 2.75) is 45.4 Å². The van der Waals surface area contributed by atoms with Crippen molar-refractivity contribution in [1.29, 1.82) is 0 Å². The van der Waals surface area contributed by atoms with Gasteiger partial charge in [-0.25, -0.2) is 0 Å². The summed E-state index contributed by atoms with van der Waals surface area (Å²) in [6.45, 7) is 9.54. The van der Waals surface area contributed by atoms with Crippen molar-refractivity contribution in [2.24, 2.45) is 5.92 Å². The highest BCUT2D eigenvalue weighted by Crippen LogP contribution is 2.33. The van der Waals surface area contributed by atoms with Gasteiger partial charge in [-0.05, 0) is 49.9 Å².